The number of carbonyl (C=O) groups is 2. The molecular weight excluding hydrogens is 358 g/mol. The van der Waals surface area contributed by atoms with Crippen LogP contribution in [0.4, 0.5) is 0 Å². The number of amides is 2. The normalized spacial score (nSPS) is 16.1. The number of benzene rings is 2. The standard InChI is InChI=1S/C21H25N3O4/c1-23(2)11-10-20(25)24-13-17-9-8-16(21(26)22-27)12-19(17)28-14-18(24)15-6-4-3-5-7-15/h3-9,12,18,27H,10-11,13-14H2,1-2H3,(H,22,26)/t18-/m1/s1. The summed E-state index contributed by atoms with van der Waals surface area (Å²) in [6.07, 6.45) is 0.413. The van der Waals surface area contributed by atoms with Gasteiger partial charge in [-0.2, -0.15) is 0 Å². The summed E-state index contributed by atoms with van der Waals surface area (Å²) in [5.74, 6) is -0.00436. The fraction of sp³-hybridized carbons (Fsp3) is 0.333. The number of nitrogens with one attached hydrogen (secondary N) is 1. The fourth-order valence-electron chi connectivity index (χ4n) is 3.25. The van der Waals surface area contributed by atoms with E-state index < -0.39 is 5.91 Å². The second-order valence-corrected chi connectivity index (χ2v) is 7.08. The lowest BCUT2D eigenvalue weighted by molar-refractivity contribution is -0.135. The molecule has 148 valence electrons. The van der Waals surface area contributed by atoms with Crippen molar-refractivity contribution >= 4 is 11.8 Å². The molecular formula is C21H25N3O4. The van der Waals surface area contributed by atoms with E-state index in [1.807, 2.05) is 54.2 Å². The lowest BCUT2D eigenvalue weighted by Crippen LogP contribution is -2.37. The van der Waals surface area contributed by atoms with Crippen LogP contribution in [-0.4, -0.2) is 54.1 Å². The minimum absolute atomic E-state index is 0.0520. The Labute approximate surface area is 164 Å². The molecule has 7 nitrogen and oxygen atoms in total. The van der Waals surface area contributed by atoms with Gasteiger partial charge in [-0.05, 0) is 31.8 Å². The molecule has 0 saturated heterocycles. The molecule has 2 amide bonds. The van der Waals surface area contributed by atoms with Crippen LogP contribution in [0.15, 0.2) is 48.5 Å². The van der Waals surface area contributed by atoms with Crippen LogP contribution in [0, 0.1) is 0 Å². The van der Waals surface area contributed by atoms with Crippen LogP contribution in [0.2, 0.25) is 0 Å². The number of hydroxylamine groups is 1. The van der Waals surface area contributed by atoms with Crippen molar-refractivity contribution in [2.75, 3.05) is 27.2 Å². The zero-order valence-electron chi connectivity index (χ0n) is 16.1. The summed E-state index contributed by atoms with van der Waals surface area (Å²) in [5, 5.41) is 8.86. The number of nitrogens with zero attached hydrogens (tertiary/aromatic N) is 2. The van der Waals surface area contributed by atoms with Crippen LogP contribution < -0.4 is 10.2 Å². The third-order valence-corrected chi connectivity index (χ3v) is 4.82. The first-order chi connectivity index (χ1) is 13.5. The Morgan fingerprint density at radius 2 is 1.96 bits per heavy atom. The highest BCUT2D eigenvalue weighted by Gasteiger charge is 2.30. The zero-order chi connectivity index (χ0) is 20.1. The first-order valence-corrected chi connectivity index (χ1v) is 9.19. The Hall–Kier alpha value is -2.90. The van der Waals surface area contributed by atoms with Gasteiger partial charge in [-0.25, -0.2) is 5.48 Å². The third-order valence-electron chi connectivity index (χ3n) is 4.82. The smallest absolute Gasteiger partial charge is 0.274 e. The number of carbonyl (C=O) groups excluding carboxylic acids is 2. The average Bonchev–Trinajstić information content (AvgIpc) is 2.91. The van der Waals surface area contributed by atoms with Crippen LogP contribution in [0.5, 0.6) is 5.75 Å². The van der Waals surface area contributed by atoms with E-state index >= 15 is 0 Å². The summed E-state index contributed by atoms with van der Waals surface area (Å²) in [4.78, 5) is 28.6. The predicted molar refractivity (Wildman–Crippen MR) is 104 cm³/mol. The van der Waals surface area contributed by atoms with E-state index in [4.69, 9.17) is 9.94 Å². The monoisotopic (exact) mass is 383 g/mol. The molecule has 2 aromatic carbocycles. The van der Waals surface area contributed by atoms with E-state index in [9.17, 15) is 9.59 Å². The molecule has 7 heteroatoms. The topological polar surface area (TPSA) is 82.1 Å². The van der Waals surface area contributed by atoms with Gasteiger partial charge in [0.05, 0.1) is 12.6 Å². The fourth-order valence-corrected chi connectivity index (χ4v) is 3.25. The molecule has 0 aliphatic carbocycles. The molecule has 2 aromatic rings. The lowest BCUT2D eigenvalue weighted by Gasteiger charge is -2.30. The van der Waals surface area contributed by atoms with Crippen molar-refractivity contribution in [2.24, 2.45) is 0 Å². The Kier molecular flexibility index (Phi) is 6.28. The van der Waals surface area contributed by atoms with E-state index in [1.54, 1.807) is 23.7 Å². The Balaban J connectivity index is 1.92. The molecule has 2 N–H and O–H groups in total. The molecule has 0 saturated carbocycles. The third kappa shape index (κ3) is 4.49. The van der Waals surface area contributed by atoms with Crippen LogP contribution >= 0.6 is 0 Å². The van der Waals surface area contributed by atoms with Gasteiger partial charge < -0.3 is 14.5 Å². The van der Waals surface area contributed by atoms with Crippen LogP contribution in [0.3, 0.4) is 0 Å². The Morgan fingerprint density at radius 3 is 2.64 bits per heavy atom. The second kappa shape index (κ2) is 8.86. The molecule has 0 bridgehead atoms. The number of rotatable bonds is 5. The van der Waals surface area contributed by atoms with Gasteiger partial charge in [-0.3, -0.25) is 14.8 Å². The van der Waals surface area contributed by atoms with Gasteiger partial charge in [-0.15, -0.1) is 0 Å². The summed E-state index contributed by atoms with van der Waals surface area (Å²) in [6.45, 7) is 1.34. The number of hydrogen-bond donors (Lipinski definition) is 2. The van der Waals surface area contributed by atoms with E-state index in [-0.39, 0.29) is 18.6 Å². The van der Waals surface area contributed by atoms with Crippen molar-refractivity contribution < 1.29 is 19.5 Å². The average molecular weight is 383 g/mol. The molecule has 0 aromatic heterocycles. The number of hydrogen-bond acceptors (Lipinski definition) is 5. The van der Waals surface area contributed by atoms with Gasteiger partial charge in [0.2, 0.25) is 5.91 Å². The van der Waals surface area contributed by atoms with Crippen LogP contribution in [0.1, 0.15) is 33.9 Å². The molecule has 3 rings (SSSR count). The molecule has 0 radical (unpaired) electrons. The number of ether oxygens (including phenoxy) is 1. The molecule has 1 aliphatic rings. The second-order valence-electron chi connectivity index (χ2n) is 7.08. The summed E-state index contributed by atoms with van der Waals surface area (Å²) < 4.78 is 5.99. The van der Waals surface area contributed by atoms with E-state index in [2.05, 4.69) is 0 Å². The molecule has 1 heterocycles. The molecule has 1 atom stereocenters. The quantitative estimate of drug-likeness (QED) is 0.611. The van der Waals surface area contributed by atoms with Crippen LogP contribution in [0.25, 0.3) is 0 Å². The Morgan fingerprint density at radius 1 is 1.21 bits per heavy atom. The predicted octanol–water partition coefficient (Wildman–Crippen LogP) is 2.22. The minimum atomic E-state index is -0.603. The zero-order valence-corrected chi connectivity index (χ0v) is 16.1. The molecule has 28 heavy (non-hydrogen) atoms. The van der Waals surface area contributed by atoms with Crippen molar-refractivity contribution in [1.29, 1.82) is 0 Å². The maximum Gasteiger partial charge on any atom is 0.274 e. The lowest BCUT2D eigenvalue weighted by atomic mass is 10.0. The maximum absolute atomic E-state index is 13.0. The van der Waals surface area contributed by atoms with Gasteiger partial charge in [0.1, 0.15) is 12.4 Å². The first-order valence-electron chi connectivity index (χ1n) is 9.19. The summed E-state index contributed by atoms with van der Waals surface area (Å²) >= 11 is 0. The van der Waals surface area contributed by atoms with Gasteiger partial charge in [0.25, 0.3) is 5.91 Å². The summed E-state index contributed by atoms with van der Waals surface area (Å²) in [7, 11) is 3.88. The summed E-state index contributed by atoms with van der Waals surface area (Å²) in [6, 6.07) is 14.5. The molecule has 0 spiro atoms. The highest BCUT2D eigenvalue weighted by atomic mass is 16.5. The highest BCUT2D eigenvalue weighted by Crippen LogP contribution is 2.32. The maximum atomic E-state index is 13.0. The van der Waals surface area contributed by atoms with Gasteiger partial charge >= 0.3 is 0 Å². The molecule has 0 unspecified atom stereocenters. The van der Waals surface area contributed by atoms with Crippen molar-refractivity contribution in [3.05, 3.63) is 65.2 Å². The van der Waals surface area contributed by atoms with Crippen LogP contribution in [-0.2, 0) is 11.3 Å². The van der Waals surface area contributed by atoms with E-state index in [1.165, 1.54) is 0 Å². The SMILES string of the molecule is CN(C)CCC(=O)N1Cc2ccc(C(=O)NO)cc2OC[C@@H]1c1ccccc1. The molecule has 0 fully saturated rings. The molecule has 1 aliphatic heterocycles. The van der Waals surface area contributed by atoms with Crippen molar-refractivity contribution in [2.45, 2.75) is 19.0 Å². The van der Waals surface area contributed by atoms with Crippen molar-refractivity contribution in [3.63, 3.8) is 0 Å². The Bertz CT molecular complexity index is 839. The van der Waals surface area contributed by atoms with E-state index in [0.29, 0.717) is 30.8 Å². The van der Waals surface area contributed by atoms with E-state index in [0.717, 1.165) is 11.1 Å². The largest absolute Gasteiger partial charge is 0.491 e. The van der Waals surface area contributed by atoms with Gasteiger partial charge in [-0.1, -0.05) is 36.4 Å². The van der Waals surface area contributed by atoms with Crippen molar-refractivity contribution in [1.82, 2.24) is 15.3 Å². The van der Waals surface area contributed by atoms with Gasteiger partial charge in [0, 0.05) is 24.1 Å². The summed E-state index contributed by atoms with van der Waals surface area (Å²) in [5.41, 5.74) is 3.75. The minimum Gasteiger partial charge on any atom is -0.491 e. The number of fused-ring (bicyclic) bond motifs is 1. The highest BCUT2D eigenvalue weighted by molar-refractivity contribution is 5.93. The van der Waals surface area contributed by atoms with Crippen molar-refractivity contribution in [3.8, 4) is 5.75 Å². The first kappa shape index (κ1) is 19.9. The van der Waals surface area contributed by atoms with Gasteiger partial charge in [0.15, 0.2) is 0 Å².